The Morgan fingerprint density at radius 1 is 1.53 bits per heavy atom. The molecule has 1 aromatic heterocycles. The number of hydrogen-bond donors (Lipinski definition) is 0. The largest absolute Gasteiger partial charge is 0.443 e. The molecule has 0 saturated carbocycles. The van der Waals surface area contributed by atoms with Gasteiger partial charge < -0.3 is 4.74 Å². The molecule has 0 bridgehead atoms. The van der Waals surface area contributed by atoms with Crippen molar-refractivity contribution in [3.63, 3.8) is 0 Å². The van der Waals surface area contributed by atoms with Crippen LogP contribution < -0.4 is 4.90 Å². The van der Waals surface area contributed by atoms with Gasteiger partial charge in [0.15, 0.2) is 3.92 Å². The number of rotatable bonds is 2. The fourth-order valence-corrected chi connectivity index (χ4v) is 2.81. The molecule has 1 amide bonds. The van der Waals surface area contributed by atoms with Gasteiger partial charge in [-0.15, -0.1) is 5.92 Å². The van der Waals surface area contributed by atoms with Crippen molar-refractivity contribution in [2.45, 2.75) is 40.2 Å². The van der Waals surface area contributed by atoms with Gasteiger partial charge in [-0.2, -0.15) is 0 Å². The van der Waals surface area contributed by atoms with E-state index in [1.165, 1.54) is 16.2 Å². The van der Waals surface area contributed by atoms with Crippen molar-refractivity contribution in [3.05, 3.63) is 9.61 Å². The Morgan fingerprint density at radius 3 is 2.58 bits per heavy atom. The zero-order valence-electron chi connectivity index (χ0n) is 11.7. The average molecular weight is 345 g/mol. The Kier molecular flexibility index (Phi) is 5.39. The molecule has 0 aliphatic heterocycles. The molecule has 0 saturated heterocycles. The lowest BCUT2D eigenvalue weighted by molar-refractivity contribution is 0.0585. The summed E-state index contributed by atoms with van der Waals surface area (Å²) in [6.45, 7) is 9.40. The third-order valence-corrected chi connectivity index (χ3v) is 3.65. The molecule has 19 heavy (non-hydrogen) atoms. The highest BCUT2D eigenvalue weighted by molar-refractivity contribution is 9.11. The van der Waals surface area contributed by atoms with Crippen molar-refractivity contribution < 1.29 is 9.53 Å². The highest BCUT2D eigenvalue weighted by Crippen LogP contribution is 2.32. The van der Waals surface area contributed by atoms with Gasteiger partial charge in [0.25, 0.3) is 0 Å². The van der Waals surface area contributed by atoms with Crippen LogP contribution in [0.5, 0.6) is 0 Å². The van der Waals surface area contributed by atoms with Gasteiger partial charge in [0.1, 0.15) is 10.6 Å². The third kappa shape index (κ3) is 4.84. The molecule has 4 nitrogen and oxygen atoms in total. The molecule has 1 aromatic rings. The van der Waals surface area contributed by atoms with E-state index in [4.69, 9.17) is 4.74 Å². The average Bonchev–Trinajstić information content (AvgIpc) is 2.56. The Morgan fingerprint density at radius 2 is 2.16 bits per heavy atom. The molecule has 0 aliphatic rings. The molecule has 0 N–H and O–H groups in total. The normalized spacial score (nSPS) is 10.6. The standard InChI is InChI=1S/C13H17BrN2O2S/c1-6-7-8-16(12(17)18-13(3,4)5)10-9(2)15-11(14)19-10/h8H2,1-5H3. The summed E-state index contributed by atoms with van der Waals surface area (Å²) in [6, 6.07) is 0. The van der Waals surface area contributed by atoms with Gasteiger partial charge in [0.2, 0.25) is 0 Å². The number of nitrogens with zero attached hydrogens (tertiary/aromatic N) is 2. The smallest absolute Gasteiger partial charge is 0.416 e. The van der Waals surface area contributed by atoms with Crippen LogP contribution in [-0.2, 0) is 4.74 Å². The SMILES string of the molecule is CC#CCN(C(=O)OC(C)(C)C)c1sc(Br)nc1C. The van der Waals surface area contributed by atoms with Crippen molar-refractivity contribution in [1.82, 2.24) is 4.98 Å². The quantitative estimate of drug-likeness (QED) is 0.762. The van der Waals surface area contributed by atoms with E-state index in [2.05, 4.69) is 32.8 Å². The Balaban J connectivity index is 3.03. The third-order valence-electron chi connectivity index (χ3n) is 2.02. The van der Waals surface area contributed by atoms with Crippen molar-refractivity contribution >= 4 is 38.4 Å². The van der Waals surface area contributed by atoms with E-state index < -0.39 is 11.7 Å². The molecular weight excluding hydrogens is 328 g/mol. The van der Waals surface area contributed by atoms with Crippen LogP contribution in [0.25, 0.3) is 0 Å². The maximum absolute atomic E-state index is 12.2. The highest BCUT2D eigenvalue weighted by Gasteiger charge is 2.25. The predicted molar refractivity (Wildman–Crippen MR) is 81.6 cm³/mol. The van der Waals surface area contributed by atoms with Gasteiger partial charge >= 0.3 is 6.09 Å². The summed E-state index contributed by atoms with van der Waals surface area (Å²) in [7, 11) is 0. The molecule has 0 aromatic carbocycles. The number of ether oxygens (including phenoxy) is 1. The molecule has 104 valence electrons. The maximum atomic E-state index is 12.2. The van der Waals surface area contributed by atoms with E-state index in [0.717, 1.165) is 14.6 Å². The van der Waals surface area contributed by atoms with Gasteiger partial charge in [-0.1, -0.05) is 17.3 Å². The molecule has 0 spiro atoms. The van der Waals surface area contributed by atoms with E-state index in [1.807, 2.05) is 27.7 Å². The Bertz CT molecular complexity index is 523. The number of anilines is 1. The lowest BCUT2D eigenvalue weighted by atomic mass is 10.2. The molecule has 0 atom stereocenters. The molecule has 6 heteroatoms. The van der Waals surface area contributed by atoms with E-state index in [1.54, 1.807) is 6.92 Å². The predicted octanol–water partition coefficient (Wildman–Crippen LogP) is 3.98. The second kappa shape index (κ2) is 6.40. The second-order valence-electron chi connectivity index (χ2n) is 4.85. The van der Waals surface area contributed by atoms with Gasteiger partial charge in [-0.25, -0.2) is 9.78 Å². The summed E-state index contributed by atoms with van der Waals surface area (Å²) in [6.07, 6.45) is -0.408. The van der Waals surface area contributed by atoms with Crippen LogP contribution in [0.4, 0.5) is 9.80 Å². The van der Waals surface area contributed by atoms with E-state index in [-0.39, 0.29) is 0 Å². The molecular formula is C13H17BrN2O2S. The van der Waals surface area contributed by atoms with Crippen LogP contribution in [0.1, 0.15) is 33.4 Å². The number of thiazole rings is 1. The molecule has 1 heterocycles. The first-order valence-electron chi connectivity index (χ1n) is 5.77. The minimum Gasteiger partial charge on any atom is -0.443 e. The maximum Gasteiger partial charge on any atom is 0.416 e. The Labute approximate surface area is 126 Å². The van der Waals surface area contributed by atoms with Crippen LogP contribution >= 0.6 is 27.3 Å². The van der Waals surface area contributed by atoms with Gasteiger partial charge in [-0.05, 0) is 50.5 Å². The summed E-state index contributed by atoms with van der Waals surface area (Å²) in [5.41, 5.74) is 0.241. The summed E-state index contributed by atoms with van der Waals surface area (Å²) in [4.78, 5) is 18.0. The van der Waals surface area contributed by atoms with Crippen molar-refractivity contribution in [2.75, 3.05) is 11.4 Å². The van der Waals surface area contributed by atoms with Crippen LogP contribution in [-0.4, -0.2) is 23.2 Å². The number of halogens is 1. The zero-order chi connectivity index (χ0) is 14.6. The fourth-order valence-electron chi connectivity index (χ4n) is 1.30. The molecule has 1 rings (SSSR count). The highest BCUT2D eigenvalue weighted by atomic mass is 79.9. The van der Waals surface area contributed by atoms with Crippen molar-refractivity contribution in [3.8, 4) is 11.8 Å². The minimum atomic E-state index is -0.537. The molecule has 0 radical (unpaired) electrons. The summed E-state index contributed by atoms with van der Waals surface area (Å²) in [5.74, 6) is 5.67. The fraction of sp³-hybridized carbons (Fsp3) is 0.538. The van der Waals surface area contributed by atoms with E-state index >= 15 is 0 Å². The topological polar surface area (TPSA) is 42.4 Å². The van der Waals surface area contributed by atoms with E-state index in [0.29, 0.717) is 6.54 Å². The van der Waals surface area contributed by atoms with Crippen LogP contribution in [0.2, 0.25) is 0 Å². The lowest BCUT2D eigenvalue weighted by Crippen LogP contribution is -2.37. The molecule has 0 fully saturated rings. The number of carbonyl (C=O) groups is 1. The first kappa shape index (κ1) is 16.0. The van der Waals surface area contributed by atoms with Gasteiger partial charge in [0.05, 0.1) is 12.2 Å². The summed E-state index contributed by atoms with van der Waals surface area (Å²) >= 11 is 4.71. The molecule has 0 aliphatic carbocycles. The number of aromatic nitrogens is 1. The first-order valence-corrected chi connectivity index (χ1v) is 7.38. The van der Waals surface area contributed by atoms with Gasteiger partial charge in [0, 0.05) is 0 Å². The van der Waals surface area contributed by atoms with Crippen LogP contribution in [0, 0.1) is 18.8 Å². The second-order valence-corrected chi connectivity index (χ2v) is 7.10. The number of hydrogen-bond acceptors (Lipinski definition) is 4. The van der Waals surface area contributed by atoms with Crippen LogP contribution in [0.3, 0.4) is 0 Å². The number of aryl methyl sites for hydroxylation is 1. The van der Waals surface area contributed by atoms with Gasteiger partial charge in [-0.3, -0.25) is 4.90 Å². The molecule has 0 unspecified atom stereocenters. The number of carbonyl (C=O) groups excluding carboxylic acids is 1. The van der Waals surface area contributed by atoms with Crippen molar-refractivity contribution in [1.29, 1.82) is 0 Å². The lowest BCUT2D eigenvalue weighted by Gasteiger charge is -2.25. The summed E-state index contributed by atoms with van der Waals surface area (Å²) < 4.78 is 6.13. The monoisotopic (exact) mass is 344 g/mol. The minimum absolute atomic E-state index is 0.293. The summed E-state index contributed by atoms with van der Waals surface area (Å²) in [5, 5.41) is 0.754. The Hall–Kier alpha value is -1.06. The first-order chi connectivity index (χ1) is 8.74. The van der Waals surface area contributed by atoms with Crippen LogP contribution in [0.15, 0.2) is 3.92 Å². The zero-order valence-corrected chi connectivity index (χ0v) is 14.1. The van der Waals surface area contributed by atoms with E-state index in [9.17, 15) is 4.79 Å². The number of amides is 1. The van der Waals surface area contributed by atoms with Crippen molar-refractivity contribution in [2.24, 2.45) is 0 Å².